The predicted octanol–water partition coefficient (Wildman–Crippen LogP) is 5.06. The molecule has 0 unspecified atom stereocenters. The van der Waals surface area contributed by atoms with E-state index in [9.17, 15) is 0 Å². The minimum absolute atomic E-state index is 0.0697. The van der Waals surface area contributed by atoms with Gasteiger partial charge >= 0.3 is 0 Å². The topological polar surface area (TPSA) is 46.0 Å². The molecule has 4 heterocycles. The van der Waals surface area contributed by atoms with Crippen LogP contribution in [0.25, 0.3) is 5.69 Å². The van der Waals surface area contributed by atoms with Gasteiger partial charge in [0, 0.05) is 30.0 Å². The Kier molecular flexibility index (Phi) is 5.00. The van der Waals surface area contributed by atoms with E-state index in [0.717, 1.165) is 22.8 Å². The summed E-state index contributed by atoms with van der Waals surface area (Å²) in [5.74, 6) is 0. The molecule has 5 nitrogen and oxygen atoms in total. The van der Waals surface area contributed by atoms with E-state index in [4.69, 9.17) is 12.2 Å². The Hall–Kier alpha value is -3.51. The number of aromatic nitrogens is 3. The monoisotopic (exact) mass is 425 g/mol. The molecular formula is C25H23N5S. The normalized spacial score (nSPS) is 18.3. The highest BCUT2D eigenvalue weighted by Gasteiger charge is 2.42. The van der Waals surface area contributed by atoms with Crippen molar-refractivity contribution in [2.45, 2.75) is 25.9 Å². The molecule has 1 fully saturated rings. The molecule has 1 N–H and O–H groups in total. The maximum absolute atomic E-state index is 5.85. The first-order valence-electron chi connectivity index (χ1n) is 10.3. The minimum atomic E-state index is -0.0827. The van der Waals surface area contributed by atoms with Gasteiger partial charge in [-0.15, -0.1) is 0 Å². The van der Waals surface area contributed by atoms with Gasteiger partial charge in [-0.3, -0.25) is 9.97 Å². The fourth-order valence-electron chi connectivity index (χ4n) is 4.18. The summed E-state index contributed by atoms with van der Waals surface area (Å²) in [7, 11) is 0. The lowest BCUT2D eigenvalue weighted by Crippen LogP contribution is -2.30. The zero-order chi connectivity index (χ0) is 21.4. The van der Waals surface area contributed by atoms with E-state index < -0.39 is 0 Å². The smallest absolute Gasteiger partial charge is 0.174 e. The van der Waals surface area contributed by atoms with Crippen molar-refractivity contribution in [1.29, 1.82) is 0 Å². The molecule has 0 amide bonds. The third kappa shape index (κ3) is 3.49. The highest BCUT2D eigenvalue weighted by Crippen LogP contribution is 2.42. The number of hydrogen-bond acceptors (Lipinski definition) is 3. The zero-order valence-electron chi connectivity index (χ0n) is 17.4. The van der Waals surface area contributed by atoms with Gasteiger partial charge in [-0.05, 0) is 85.7 Å². The van der Waals surface area contributed by atoms with E-state index in [1.54, 1.807) is 6.20 Å². The Balaban J connectivity index is 1.68. The molecule has 2 atom stereocenters. The van der Waals surface area contributed by atoms with Crippen molar-refractivity contribution in [1.82, 2.24) is 19.9 Å². The number of nitrogens with one attached hydrogen (secondary N) is 1. The molecule has 0 radical (unpaired) electrons. The number of rotatable bonds is 4. The Morgan fingerprint density at radius 1 is 0.903 bits per heavy atom. The summed E-state index contributed by atoms with van der Waals surface area (Å²) < 4.78 is 2.18. The molecule has 0 spiro atoms. The molecule has 3 aromatic heterocycles. The molecule has 1 saturated heterocycles. The van der Waals surface area contributed by atoms with Gasteiger partial charge in [0.25, 0.3) is 0 Å². The number of nitrogens with zero attached hydrogens (tertiary/aromatic N) is 4. The molecule has 1 aliphatic heterocycles. The minimum Gasteiger partial charge on any atom is -0.351 e. The van der Waals surface area contributed by atoms with Crippen molar-refractivity contribution in [3.05, 3.63) is 108 Å². The number of anilines is 1. The molecule has 0 bridgehead atoms. The van der Waals surface area contributed by atoms with Gasteiger partial charge in [-0.25, -0.2) is 0 Å². The lowest BCUT2D eigenvalue weighted by Gasteiger charge is -2.29. The van der Waals surface area contributed by atoms with Crippen LogP contribution in [0.4, 0.5) is 5.69 Å². The van der Waals surface area contributed by atoms with Crippen molar-refractivity contribution in [2.24, 2.45) is 0 Å². The van der Waals surface area contributed by atoms with Gasteiger partial charge in [0.1, 0.15) is 6.04 Å². The van der Waals surface area contributed by atoms with Gasteiger partial charge in [-0.2, -0.15) is 0 Å². The largest absolute Gasteiger partial charge is 0.351 e. The van der Waals surface area contributed by atoms with E-state index in [-0.39, 0.29) is 12.1 Å². The number of hydrogen-bond donors (Lipinski definition) is 1. The summed E-state index contributed by atoms with van der Waals surface area (Å²) >= 11 is 5.85. The van der Waals surface area contributed by atoms with Gasteiger partial charge < -0.3 is 14.8 Å². The van der Waals surface area contributed by atoms with Crippen LogP contribution in [0.2, 0.25) is 0 Å². The van der Waals surface area contributed by atoms with Crippen LogP contribution in [-0.2, 0) is 0 Å². The summed E-state index contributed by atoms with van der Waals surface area (Å²) in [5.41, 5.74) is 6.67. The summed E-state index contributed by atoms with van der Waals surface area (Å²) in [6.07, 6.45) is 7.56. The third-order valence-electron chi connectivity index (χ3n) is 5.87. The molecular weight excluding hydrogens is 402 g/mol. The van der Waals surface area contributed by atoms with Gasteiger partial charge in [0.05, 0.1) is 23.6 Å². The molecule has 0 aliphatic carbocycles. The van der Waals surface area contributed by atoms with Gasteiger partial charge in [0.15, 0.2) is 5.11 Å². The van der Waals surface area contributed by atoms with Crippen LogP contribution in [0, 0.1) is 13.8 Å². The number of thiocarbonyl (C=S) groups is 1. The second-order valence-corrected chi connectivity index (χ2v) is 8.17. The van der Waals surface area contributed by atoms with Crippen molar-refractivity contribution in [2.75, 3.05) is 4.90 Å². The molecule has 1 aromatic carbocycles. The zero-order valence-corrected chi connectivity index (χ0v) is 18.3. The molecule has 31 heavy (non-hydrogen) atoms. The molecule has 0 saturated carbocycles. The average molecular weight is 426 g/mol. The summed E-state index contributed by atoms with van der Waals surface area (Å²) in [6, 6.07) is 20.6. The molecule has 5 rings (SSSR count). The number of pyridine rings is 2. The summed E-state index contributed by atoms with van der Waals surface area (Å²) in [4.78, 5) is 11.2. The van der Waals surface area contributed by atoms with Crippen molar-refractivity contribution >= 4 is 23.0 Å². The number of aryl methyl sites for hydroxylation is 2. The van der Waals surface area contributed by atoms with Crippen molar-refractivity contribution in [3.63, 3.8) is 0 Å². The highest BCUT2D eigenvalue weighted by molar-refractivity contribution is 7.80. The van der Waals surface area contributed by atoms with Crippen LogP contribution < -0.4 is 10.2 Å². The fraction of sp³-hybridized carbons (Fsp3) is 0.160. The number of benzene rings is 1. The maximum Gasteiger partial charge on any atom is 0.174 e. The standard InChI is InChI=1S/C25H23N5S/c1-17-10-11-19(15-18(17)2)30-24(23(28-25(30)31)21-8-3-4-13-27-21)22-9-6-14-29(22)20-7-5-12-26-16-20/h3-16,23-24H,1-2H3,(H,28,31)/t23-,24+/m1/s1. The highest BCUT2D eigenvalue weighted by atomic mass is 32.1. The molecule has 154 valence electrons. The molecule has 4 aromatic rings. The van der Waals surface area contributed by atoms with E-state index in [2.05, 4.69) is 87.3 Å². The molecule has 1 aliphatic rings. The van der Waals surface area contributed by atoms with Crippen LogP contribution in [0.3, 0.4) is 0 Å². The summed E-state index contributed by atoms with van der Waals surface area (Å²) in [6.45, 7) is 4.26. The SMILES string of the molecule is Cc1ccc(N2C(=S)N[C@H](c3ccccn3)[C@@H]2c2cccn2-c2cccnc2)cc1C. The Morgan fingerprint density at radius 3 is 2.55 bits per heavy atom. The van der Waals surface area contributed by atoms with Gasteiger partial charge in [0.2, 0.25) is 0 Å². The Labute approximate surface area is 187 Å². The first-order chi connectivity index (χ1) is 15.1. The van der Waals surface area contributed by atoms with Crippen molar-refractivity contribution in [3.8, 4) is 5.69 Å². The fourth-order valence-corrected chi connectivity index (χ4v) is 4.52. The van der Waals surface area contributed by atoms with E-state index >= 15 is 0 Å². The van der Waals surface area contributed by atoms with Crippen LogP contribution in [0.1, 0.15) is 34.6 Å². The lowest BCUT2D eigenvalue weighted by atomic mass is 10.00. The van der Waals surface area contributed by atoms with Crippen molar-refractivity contribution < 1.29 is 0 Å². The Bertz CT molecular complexity index is 1220. The van der Waals surface area contributed by atoms with E-state index in [0.29, 0.717) is 5.11 Å². The van der Waals surface area contributed by atoms with Crippen LogP contribution in [-0.4, -0.2) is 19.6 Å². The van der Waals surface area contributed by atoms with Gasteiger partial charge in [-0.1, -0.05) is 12.1 Å². The average Bonchev–Trinajstić information content (AvgIpc) is 3.41. The van der Waals surface area contributed by atoms with E-state index in [1.165, 1.54) is 11.1 Å². The molecule has 6 heteroatoms. The second-order valence-electron chi connectivity index (χ2n) is 7.78. The lowest BCUT2D eigenvalue weighted by molar-refractivity contribution is 0.549. The van der Waals surface area contributed by atoms with Crippen LogP contribution >= 0.6 is 12.2 Å². The quantitative estimate of drug-likeness (QED) is 0.463. The third-order valence-corrected chi connectivity index (χ3v) is 6.19. The Morgan fingerprint density at radius 2 is 1.81 bits per heavy atom. The predicted molar refractivity (Wildman–Crippen MR) is 127 cm³/mol. The first-order valence-corrected chi connectivity index (χ1v) is 10.7. The summed E-state index contributed by atoms with van der Waals surface area (Å²) in [5, 5.41) is 4.23. The second kappa shape index (κ2) is 7.96. The van der Waals surface area contributed by atoms with E-state index in [1.807, 2.05) is 30.6 Å². The van der Waals surface area contributed by atoms with Crippen LogP contribution in [0.5, 0.6) is 0 Å². The maximum atomic E-state index is 5.85. The van der Waals surface area contributed by atoms with Crippen LogP contribution in [0.15, 0.2) is 85.5 Å². The first kappa shape index (κ1) is 19.5.